The number of aryl methyl sites for hydroxylation is 1. The van der Waals surface area contributed by atoms with Crippen LogP contribution in [0, 0.1) is 6.92 Å². The van der Waals surface area contributed by atoms with Crippen LogP contribution in [0.3, 0.4) is 0 Å². The van der Waals surface area contributed by atoms with Gasteiger partial charge in [-0.05, 0) is 63.2 Å². The SMILES string of the molecule is Cc1ccc(S(=O)(=O)N(CC(=O)Nc2cccc(OC(C)C)c2)c2ccc(Cl)c(C(F)(F)F)c2)cc1. The predicted octanol–water partition coefficient (Wildman–Crippen LogP) is 6.29. The number of ether oxygens (including phenoxy) is 1. The fourth-order valence-electron chi connectivity index (χ4n) is 3.29. The highest BCUT2D eigenvalue weighted by Gasteiger charge is 2.35. The largest absolute Gasteiger partial charge is 0.491 e. The molecule has 36 heavy (non-hydrogen) atoms. The maximum absolute atomic E-state index is 13.5. The Morgan fingerprint density at radius 3 is 2.33 bits per heavy atom. The first kappa shape index (κ1) is 27.3. The normalized spacial score (nSPS) is 11.9. The van der Waals surface area contributed by atoms with Gasteiger partial charge in [-0.15, -0.1) is 0 Å². The number of sulfonamides is 1. The summed E-state index contributed by atoms with van der Waals surface area (Å²) in [5.74, 6) is -0.282. The number of hydrogen-bond acceptors (Lipinski definition) is 4. The van der Waals surface area contributed by atoms with E-state index in [-0.39, 0.29) is 16.7 Å². The molecule has 1 N–H and O–H groups in total. The van der Waals surface area contributed by atoms with Crippen LogP contribution in [0.15, 0.2) is 71.6 Å². The summed E-state index contributed by atoms with van der Waals surface area (Å²) in [5, 5.41) is 1.98. The highest BCUT2D eigenvalue weighted by atomic mass is 35.5. The second-order valence-electron chi connectivity index (χ2n) is 8.23. The van der Waals surface area contributed by atoms with Crippen LogP contribution in [-0.4, -0.2) is 27.0 Å². The summed E-state index contributed by atoms with van der Waals surface area (Å²) in [6.45, 7) is 4.64. The maximum Gasteiger partial charge on any atom is 0.417 e. The van der Waals surface area contributed by atoms with Gasteiger partial charge in [0.25, 0.3) is 10.0 Å². The van der Waals surface area contributed by atoms with E-state index in [1.54, 1.807) is 43.3 Å². The lowest BCUT2D eigenvalue weighted by atomic mass is 10.2. The second-order valence-corrected chi connectivity index (χ2v) is 10.5. The number of rotatable bonds is 8. The topological polar surface area (TPSA) is 75.7 Å². The van der Waals surface area contributed by atoms with Crippen LogP contribution in [-0.2, 0) is 21.0 Å². The molecule has 0 radical (unpaired) electrons. The molecule has 0 heterocycles. The lowest BCUT2D eigenvalue weighted by Gasteiger charge is -2.25. The molecule has 3 rings (SSSR count). The van der Waals surface area contributed by atoms with Crippen LogP contribution < -0.4 is 14.4 Å². The van der Waals surface area contributed by atoms with Gasteiger partial charge in [0.05, 0.1) is 27.3 Å². The Bertz CT molecular complexity index is 1340. The Hall–Kier alpha value is -3.24. The molecule has 0 atom stereocenters. The minimum atomic E-state index is -4.83. The molecule has 0 unspecified atom stereocenters. The molecular formula is C25H24ClF3N2O4S. The van der Waals surface area contributed by atoms with Crippen molar-refractivity contribution in [1.29, 1.82) is 0 Å². The summed E-state index contributed by atoms with van der Waals surface area (Å²) in [4.78, 5) is 12.7. The van der Waals surface area contributed by atoms with Gasteiger partial charge in [-0.1, -0.05) is 35.4 Å². The Balaban J connectivity index is 2.00. The number of nitrogens with zero attached hydrogens (tertiary/aromatic N) is 1. The van der Waals surface area contributed by atoms with Crippen molar-refractivity contribution >= 4 is 38.9 Å². The molecular weight excluding hydrogens is 517 g/mol. The molecule has 1 amide bonds. The first-order chi connectivity index (χ1) is 16.8. The van der Waals surface area contributed by atoms with Gasteiger partial charge in [0.1, 0.15) is 12.3 Å². The van der Waals surface area contributed by atoms with E-state index >= 15 is 0 Å². The average molecular weight is 541 g/mol. The Labute approximate surface area is 212 Å². The smallest absolute Gasteiger partial charge is 0.417 e. The number of alkyl halides is 3. The zero-order valence-electron chi connectivity index (χ0n) is 19.6. The van der Waals surface area contributed by atoms with Crippen LogP contribution >= 0.6 is 11.6 Å². The molecule has 0 aliphatic heterocycles. The van der Waals surface area contributed by atoms with E-state index in [1.165, 1.54) is 12.1 Å². The lowest BCUT2D eigenvalue weighted by molar-refractivity contribution is -0.137. The molecule has 0 aliphatic rings. The number of amides is 1. The van der Waals surface area contributed by atoms with E-state index in [0.29, 0.717) is 21.8 Å². The van der Waals surface area contributed by atoms with Crippen molar-refractivity contribution in [1.82, 2.24) is 0 Å². The molecule has 0 saturated carbocycles. The van der Waals surface area contributed by atoms with Crippen molar-refractivity contribution in [2.45, 2.75) is 37.9 Å². The number of carbonyl (C=O) groups excluding carboxylic acids is 1. The molecule has 3 aromatic carbocycles. The van der Waals surface area contributed by atoms with Gasteiger partial charge in [0, 0.05) is 11.8 Å². The summed E-state index contributed by atoms with van der Waals surface area (Å²) in [6, 6.07) is 14.9. The quantitative estimate of drug-likeness (QED) is 0.364. The summed E-state index contributed by atoms with van der Waals surface area (Å²) in [7, 11) is -4.42. The van der Waals surface area contributed by atoms with Crippen LogP contribution in [0.5, 0.6) is 5.75 Å². The van der Waals surface area contributed by atoms with Gasteiger partial charge < -0.3 is 10.1 Å². The third kappa shape index (κ3) is 6.70. The number of benzene rings is 3. The van der Waals surface area contributed by atoms with Gasteiger partial charge in [0.2, 0.25) is 5.91 Å². The molecule has 11 heteroatoms. The van der Waals surface area contributed by atoms with E-state index in [2.05, 4.69) is 5.32 Å². The van der Waals surface area contributed by atoms with Crippen molar-refractivity contribution in [2.24, 2.45) is 0 Å². The van der Waals surface area contributed by atoms with Crippen molar-refractivity contribution in [2.75, 3.05) is 16.2 Å². The lowest BCUT2D eigenvalue weighted by Crippen LogP contribution is -2.38. The zero-order chi connectivity index (χ0) is 26.7. The first-order valence-corrected chi connectivity index (χ1v) is 12.6. The van der Waals surface area contributed by atoms with Crippen molar-refractivity contribution in [3.05, 3.63) is 82.9 Å². The number of anilines is 2. The number of carbonyl (C=O) groups is 1. The van der Waals surface area contributed by atoms with E-state index in [0.717, 1.165) is 17.7 Å². The number of hydrogen-bond donors (Lipinski definition) is 1. The van der Waals surface area contributed by atoms with E-state index in [9.17, 15) is 26.4 Å². The summed E-state index contributed by atoms with van der Waals surface area (Å²) >= 11 is 5.72. The van der Waals surface area contributed by atoms with Crippen LogP contribution in [0.2, 0.25) is 5.02 Å². The highest BCUT2D eigenvalue weighted by Crippen LogP contribution is 2.38. The molecule has 3 aromatic rings. The number of halogens is 4. The standard InChI is InChI=1S/C25H24ClF3N2O4S/c1-16(2)35-20-6-4-5-18(13-20)30-24(32)15-31(36(33,34)21-10-7-17(3)8-11-21)19-9-12-23(26)22(14-19)25(27,28)29/h4-14,16H,15H2,1-3H3,(H,30,32). The minimum absolute atomic E-state index is 0.112. The maximum atomic E-state index is 13.5. The van der Waals surface area contributed by atoms with Gasteiger partial charge in [-0.3, -0.25) is 9.10 Å². The van der Waals surface area contributed by atoms with Crippen molar-refractivity contribution in [3.63, 3.8) is 0 Å². The molecule has 0 fully saturated rings. The Morgan fingerprint density at radius 1 is 1.06 bits per heavy atom. The van der Waals surface area contributed by atoms with E-state index in [4.69, 9.17) is 16.3 Å². The van der Waals surface area contributed by atoms with Gasteiger partial charge in [-0.2, -0.15) is 13.2 Å². The molecule has 0 saturated heterocycles. The number of nitrogens with one attached hydrogen (secondary N) is 1. The van der Waals surface area contributed by atoms with Crippen molar-refractivity contribution < 1.29 is 31.1 Å². The van der Waals surface area contributed by atoms with Gasteiger partial charge in [-0.25, -0.2) is 8.42 Å². The monoisotopic (exact) mass is 540 g/mol. The molecule has 0 aliphatic carbocycles. The molecule has 0 aromatic heterocycles. The Kier molecular flexibility index (Phi) is 8.20. The van der Waals surface area contributed by atoms with Crippen LogP contribution in [0.1, 0.15) is 25.0 Å². The second kappa shape index (κ2) is 10.8. The average Bonchev–Trinajstić information content (AvgIpc) is 2.77. The van der Waals surface area contributed by atoms with E-state index in [1.807, 2.05) is 13.8 Å². The summed E-state index contributed by atoms with van der Waals surface area (Å²) in [5.41, 5.74) is -0.463. The molecule has 6 nitrogen and oxygen atoms in total. The third-order valence-corrected chi connectivity index (χ3v) is 7.05. The fraction of sp³-hybridized carbons (Fsp3) is 0.240. The first-order valence-electron chi connectivity index (χ1n) is 10.8. The zero-order valence-corrected chi connectivity index (χ0v) is 21.2. The molecule has 192 valence electrons. The predicted molar refractivity (Wildman–Crippen MR) is 133 cm³/mol. The van der Waals surface area contributed by atoms with E-state index < -0.39 is 39.2 Å². The van der Waals surface area contributed by atoms with Gasteiger partial charge >= 0.3 is 6.18 Å². The molecule has 0 spiro atoms. The highest BCUT2D eigenvalue weighted by molar-refractivity contribution is 7.92. The van der Waals surface area contributed by atoms with Crippen LogP contribution in [0.25, 0.3) is 0 Å². The van der Waals surface area contributed by atoms with Crippen LogP contribution in [0.4, 0.5) is 24.5 Å². The fourth-order valence-corrected chi connectivity index (χ4v) is 4.93. The summed E-state index contributed by atoms with van der Waals surface area (Å²) < 4.78 is 73.6. The molecule has 0 bridgehead atoms. The summed E-state index contributed by atoms with van der Waals surface area (Å²) in [6.07, 6.45) is -4.94. The third-order valence-electron chi connectivity index (χ3n) is 4.93. The minimum Gasteiger partial charge on any atom is -0.491 e. The van der Waals surface area contributed by atoms with Gasteiger partial charge in [0.15, 0.2) is 0 Å². The Morgan fingerprint density at radius 2 is 1.72 bits per heavy atom. The van der Waals surface area contributed by atoms with Crippen molar-refractivity contribution in [3.8, 4) is 5.75 Å².